The lowest BCUT2D eigenvalue weighted by molar-refractivity contribution is -0.125. The predicted molar refractivity (Wildman–Crippen MR) is 105 cm³/mol. The van der Waals surface area contributed by atoms with E-state index in [1.54, 1.807) is 12.1 Å². The number of carbonyl (C=O) groups is 2. The predicted octanol–water partition coefficient (Wildman–Crippen LogP) is 4.06. The molecule has 0 aromatic heterocycles. The van der Waals surface area contributed by atoms with Crippen molar-refractivity contribution in [3.8, 4) is 0 Å². The van der Waals surface area contributed by atoms with Crippen LogP contribution in [0.3, 0.4) is 0 Å². The second-order valence-corrected chi connectivity index (χ2v) is 8.47. The van der Waals surface area contributed by atoms with E-state index in [0.717, 1.165) is 29.7 Å². The monoisotopic (exact) mass is 398 g/mol. The number of hydrogen-bond acceptors (Lipinski definition) is 3. The summed E-state index contributed by atoms with van der Waals surface area (Å²) in [5.41, 5.74) is 1.66. The smallest absolute Gasteiger partial charge is 0.250 e. The first kappa shape index (κ1) is 17.8. The molecule has 1 saturated carbocycles. The molecular weight excluding hydrogens is 379 g/mol. The van der Waals surface area contributed by atoms with Gasteiger partial charge in [-0.3, -0.25) is 14.9 Å². The number of carbonyl (C=O) groups excluding carboxylic acids is 2. The van der Waals surface area contributed by atoms with Crippen LogP contribution in [0.2, 0.25) is 5.02 Å². The van der Waals surface area contributed by atoms with Gasteiger partial charge in [0.05, 0.1) is 5.02 Å². The molecule has 0 unspecified atom stereocenters. The molecule has 1 amide bonds. The van der Waals surface area contributed by atoms with Crippen molar-refractivity contribution in [1.82, 2.24) is 5.32 Å². The Morgan fingerprint density at radius 1 is 1.21 bits per heavy atom. The highest BCUT2D eigenvalue weighted by molar-refractivity contribution is 6.30. The van der Waals surface area contributed by atoms with Gasteiger partial charge in [-0.1, -0.05) is 35.9 Å². The number of ketones is 1. The number of amides is 1. The number of benzene rings is 2. The second kappa shape index (κ2) is 6.13. The van der Waals surface area contributed by atoms with Gasteiger partial charge >= 0.3 is 0 Å². The number of hydrogen-bond donors (Lipinski definition) is 2. The van der Waals surface area contributed by atoms with Gasteiger partial charge in [0.25, 0.3) is 0 Å². The first-order valence-electron chi connectivity index (χ1n) is 9.60. The Labute approximate surface area is 167 Å². The maximum Gasteiger partial charge on any atom is 0.250 e. The number of rotatable bonds is 1. The van der Waals surface area contributed by atoms with E-state index in [4.69, 9.17) is 11.6 Å². The number of nitrogens with one attached hydrogen (secondary N) is 2. The van der Waals surface area contributed by atoms with Crippen LogP contribution >= 0.6 is 11.6 Å². The summed E-state index contributed by atoms with van der Waals surface area (Å²) in [5, 5.41) is 6.44. The minimum Gasteiger partial charge on any atom is -0.324 e. The average Bonchev–Trinajstić information content (AvgIpc) is 3.14. The van der Waals surface area contributed by atoms with Gasteiger partial charge in [0.2, 0.25) is 5.91 Å². The number of halogens is 2. The Balaban J connectivity index is 1.78. The summed E-state index contributed by atoms with van der Waals surface area (Å²) in [7, 11) is 0. The Hall–Kier alpha value is -2.24. The first-order valence-corrected chi connectivity index (χ1v) is 9.98. The molecule has 2 heterocycles. The van der Waals surface area contributed by atoms with Gasteiger partial charge in [-0.2, -0.15) is 0 Å². The van der Waals surface area contributed by atoms with E-state index in [-0.39, 0.29) is 22.8 Å². The number of fused-ring (bicyclic) bond motifs is 3. The largest absolute Gasteiger partial charge is 0.324 e. The van der Waals surface area contributed by atoms with Crippen LogP contribution in [-0.4, -0.2) is 17.7 Å². The molecule has 0 radical (unpaired) electrons. The van der Waals surface area contributed by atoms with Crippen LogP contribution in [0.15, 0.2) is 36.4 Å². The Kier molecular flexibility index (Phi) is 3.90. The lowest BCUT2D eigenvalue weighted by Gasteiger charge is -2.32. The van der Waals surface area contributed by atoms with Gasteiger partial charge in [-0.05, 0) is 43.0 Å². The second-order valence-electron chi connectivity index (χ2n) is 8.07. The molecule has 2 fully saturated rings. The van der Waals surface area contributed by atoms with Crippen LogP contribution in [-0.2, 0) is 15.1 Å². The normalized spacial score (nSPS) is 31.0. The molecule has 1 spiro atoms. The Morgan fingerprint density at radius 2 is 2.04 bits per heavy atom. The van der Waals surface area contributed by atoms with Crippen molar-refractivity contribution in [2.24, 2.45) is 5.92 Å². The third kappa shape index (κ3) is 2.26. The fourth-order valence-electron chi connectivity index (χ4n) is 5.39. The minimum absolute atomic E-state index is 0.00175. The molecular formula is C22H20ClFN2O2. The van der Waals surface area contributed by atoms with E-state index in [1.807, 2.05) is 25.1 Å². The molecule has 1 aliphatic carbocycles. The summed E-state index contributed by atoms with van der Waals surface area (Å²) < 4.78 is 15.1. The molecule has 2 aliphatic heterocycles. The lowest BCUT2D eigenvalue weighted by atomic mass is 9.68. The van der Waals surface area contributed by atoms with Crippen molar-refractivity contribution in [1.29, 1.82) is 0 Å². The average molecular weight is 399 g/mol. The van der Waals surface area contributed by atoms with Crippen molar-refractivity contribution >= 4 is 29.0 Å². The van der Waals surface area contributed by atoms with Crippen LogP contribution < -0.4 is 10.6 Å². The molecule has 4 nitrogen and oxygen atoms in total. The van der Waals surface area contributed by atoms with Crippen molar-refractivity contribution in [2.75, 3.05) is 5.32 Å². The van der Waals surface area contributed by atoms with E-state index >= 15 is 4.39 Å². The highest BCUT2D eigenvalue weighted by Gasteiger charge is 2.64. The molecule has 144 valence electrons. The van der Waals surface area contributed by atoms with Crippen molar-refractivity contribution in [2.45, 2.75) is 43.7 Å². The molecule has 1 saturated heterocycles. The highest BCUT2D eigenvalue weighted by Crippen LogP contribution is 2.56. The standard InChI is InChI=1S/C22H20ClFN2O2/c1-11-8-9-13-16(10-11)25-21(28)22(13)19(12-4-2-5-14(23)20(12)24)18-15(26-22)6-3-7-17(18)27/h2,4-5,8-10,15,18-19,26H,3,6-7H2,1H3,(H,25,28)/t15-,18-,19-,22+/m0/s1. The van der Waals surface area contributed by atoms with E-state index in [2.05, 4.69) is 10.6 Å². The van der Waals surface area contributed by atoms with Gasteiger partial charge in [-0.25, -0.2) is 4.39 Å². The zero-order valence-electron chi connectivity index (χ0n) is 15.4. The molecule has 2 aromatic carbocycles. The molecule has 0 bridgehead atoms. The topological polar surface area (TPSA) is 58.2 Å². The van der Waals surface area contributed by atoms with Crippen molar-refractivity contribution in [3.63, 3.8) is 0 Å². The maximum atomic E-state index is 15.1. The third-order valence-corrected chi connectivity index (χ3v) is 6.80. The zero-order valence-corrected chi connectivity index (χ0v) is 16.1. The minimum atomic E-state index is -1.18. The first-order chi connectivity index (χ1) is 13.4. The van der Waals surface area contributed by atoms with Gasteiger partial charge in [0, 0.05) is 35.5 Å². The van der Waals surface area contributed by atoms with Gasteiger partial charge < -0.3 is 5.32 Å². The summed E-state index contributed by atoms with van der Waals surface area (Å²) in [6.07, 6.45) is 2.02. The summed E-state index contributed by atoms with van der Waals surface area (Å²) in [4.78, 5) is 26.3. The van der Waals surface area contributed by atoms with E-state index in [1.165, 1.54) is 6.07 Å². The summed E-state index contributed by atoms with van der Waals surface area (Å²) >= 11 is 6.08. The van der Waals surface area contributed by atoms with E-state index < -0.39 is 23.2 Å². The maximum absolute atomic E-state index is 15.1. The molecule has 5 rings (SSSR count). The third-order valence-electron chi connectivity index (χ3n) is 6.51. The van der Waals surface area contributed by atoms with Gasteiger partial charge in [-0.15, -0.1) is 0 Å². The van der Waals surface area contributed by atoms with E-state index in [0.29, 0.717) is 12.0 Å². The molecule has 3 aliphatic rings. The number of aryl methyl sites for hydroxylation is 1. The van der Waals surface area contributed by atoms with Crippen LogP contribution in [0, 0.1) is 18.7 Å². The molecule has 4 atom stereocenters. The van der Waals surface area contributed by atoms with Crippen molar-refractivity contribution in [3.05, 3.63) is 63.9 Å². The Bertz CT molecular complexity index is 1020. The van der Waals surface area contributed by atoms with Crippen LogP contribution in [0.1, 0.15) is 41.9 Å². The van der Waals surface area contributed by atoms with E-state index in [9.17, 15) is 9.59 Å². The Morgan fingerprint density at radius 3 is 2.86 bits per heavy atom. The molecule has 2 N–H and O–H groups in total. The zero-order chi connectivity index (χ0) is 19.6. The van der Waals surface area contributed by atoms with Crippen molar-refractivity contribution < 1.29 is 14.0 Å². The SMILES string of the molecule is Cc1ccc2c(c1)NC(=O)[C@@]21N[C@H]2CCCC(=O)[C@H]2[C@@H]1c1cccc(Cl)c1F. The summed E-state index contributed by atoms with van der Waals surface area (Å²) in [5.74, 6) is -1.81. The highest BCUT2D eigenvalue weighted by atomic mass is 35.5. The fourth-order valence-corrected chi connectivity index (χ4v) is 5.57. The van der Waals surface area contributed by atoms with Crippen LogP contribution in [0.25, 0.3) is 0 Å². The summed E-state index contributed by atoms with van der Waals surface area (Å²) in [6.45, 7) is 1.96. The van der Waals surface area contributed by atoms with Crippen LogP contribution in [0.5, 0.6) is 0 Å². The van der Waals surface area contributed by atoms with Crippen LogP contribution in [0.4, 0.5) is 10.1 Å². The van der Waals surface area contributed by atoms with Gasteiger partial charge in [0.1, 0.15) is 17.1 Å². The number of anilines is 1. The lowest BCUT2D eigenvalue weighted by Crippen LogP contribution is -2.49. The quantitative estimate of drug-likeness (QED) is 0.761. The molecule has 6 heteroatoms. The number of Topliss-reactive ketones (excluding diaryl/α,β-unsaturated/α-hetero) is 1. The fraction of sp³-hybridized carbons (Fsp3) is 0.364. The van der Waals surface area contributed by atoms with Gasteiger partial charge in [0.15, 0.2) is 0 Å². The molecule has 2 aromatic rings. The summed E-state index contributed by atoms with van der Waals surface area (Å²) in [6, 6.07) is 10.4. The molecule has 28 heavy (non-hydrogen) atoms.